The van der Waals surface area contributed by atoms with E-state index in [0.717, 1.165) is 58.9 Å². The number of thioether (sulfide) groups is 2. The summed E-state index contributed by atoms with van der Waals surface area (Å²) in [6.45, 7) is 4.60. The quantitative estimate of drug-likeness (QED) is 0.190. The van der Waals surface area contributed by atoms with Gasteiger partial charge in [0.15, 0.2) is 0 Å². The van der Waals surface area contributed by atoms with Crippen LogP contribution in [0.15, 0.2) is 22.2 Å². The molecular weight excluding hydrogens is 571 g/mol. The summed E-state index contributed by atoms with van der Waals surface area (Å²) >= 11 is 6.52. The minimum Gasteiger partial charge on any atom is -1.00 e. The maximum atomic E-state index is 4.60. The fourth-order valence-corrected chi connectivity index (χ4v) is 7.93. The Morgan fingerprint density at radius 1 is 0.667 bits per heavy atom. The monoisotopic (exact) mass is 608 g/mol. The Bertz CT molecular complexity index is 888. The van der Waals surface area contributed by atoms with E-state index < -0.39 is 0 Å². The maximum absolute atomic E-state index is 4.60. The third-order valence-electron chi connectivity index (χ3n) is 6.45. The molecule has 2 atom stereocenters. The number of quaternary nitrogens is 2. The predicted molar refractivity (Wildman–Crippen MR) is 147 cm³/mol. The molecule has 0 saturated carbocycles. The van der Waals surface area contributed by atoms with Crippen LogP contribution in [0, 0.1) is 0 Å². The zero-order chi connectivity index (χ0) is 23.6. The lowest BCUT2D eigenvalue weighted by atomic mass is 10.1. The molecule has 2 aliphatic heterocycles. The van der Waals surface area contributed by atoms with Gasteiger partial charge in [-0.3, -0.25) is 0 Å². The summed E-state index contributed by atoms with van der Waals surface area (Å²) in [4.78, 5) is 3.14. The molecule has 2 unspecified atom stereocenters. The van der Waals surface area contributed by atoms with Gasteiger partial charge in [-0.15, -0.1) is 23.5 Å². The van der Waals surface area contributed by atoms with Gasteiger partial charge in [0, 0.05) is 24.0 Å². The molecule has 202 valence electrons. The molecule has 0 spiro atoms. The lowest BCUT2D eigenvalue weighted by Gasteiger charge is -2.19. The predicted octanol–water partition coefficient (Wildman–Crippen LogP) is -2.77. The van der Waals surface area contributed by atoms with Gasteiger partial charge in [0.1, 0.15) is 34.5 Å². The molecule has 0 bridgehead atoms. The fourth-order valence-electron chi connectivity index (χ4n) is 4.51. The van der Waals surface area contributed by atoms with Crippen LogP contribution in [0.25, 0.3) is 11.1 Å². The maximum Gasteiger partial charge on any atom is 0.138 e. The van der Waals surface area contributed by atoms with Gasteiger partial charge < -0.3 is 34.6 Å². The van der Waals surface area contributed by atoms with Crippen LogP contribution in [0.3, 0.4) is 0 Å². The Labute approximate surface area is 245 Å². The highest BCUT2D eigenvalue weighted by Crippen LogP contribution is 2.29. The van der Waals surface area contributed by atoms with Gasteiger partial charge in [-0.1, -0.05) is 37.8 Å². The van der Waals surface area contributed by atoms with E-state index in [4.69, 9.17) is 0 Å². The summed E-state index contributed by atoms with van der Waals surface area (Å²) in [7, 11) is 4.53. The molecule has 0 saturated heterocycles. The van der Waals surface area contributed by atoms with Crippen LogP contribution in [-0.4, -0.2) is 69.3 Å². The van der Waals surface area contributed by atoms with Crippen molar-refractivity contribution in [1.29, 1.82) is 0 Å². The van der Waals surface area contributed by atoms with E-state index in [0.29, 0.717) is 0 Å². The van der Waals surface area contributed by atoms with E-state index in [9.17, 15) is 0 Å². The number of hydrogen-bond acceptors (Lipinski definition) is 8. The normalized spacial score (nSPS) is 19.7. The van der Waals surface area contributed by atoms with Crippen molar-refractivity contribution in [1.82, 2.24) is 17.5 Å². The summed E-state index contributed by atoms with van der Waals surface area (Å²) < 4.78 is 18.3. The van der Waals surface area contributed by atoms with E-state index in [1.54, 1.807) is 9.80 Å². The Kier molecular flexibility index (Phi) is 15.5. The van der Waals surface area contributed by atoms with Gasteiger partial charge in [0.25, 0.3) is 0 Å². The number of nitrogens with zero attached hydrogens (tertiary/aromatic N) is 4. The first kappa shape index (κ1) is 32.0. The molecule has 4 heterocycles. The molecule has 36 heavy (non-hydrogen) atoms. The third-order valence-corrected chi connectivity index (χ3v) is 9.84. The molecule has 2 aliphatic rings. The van der Waals surface area contributed by atoms with Gasteiger partial charge in [0.05, 0.1) is 50.6 Å². The van der Waals surface area contributed by atoms with E-state index in [1.807, 2.05) is 23.5 Å². The molecule has 12 heteroatoms. The van der Waals surface area contributed by atoms with Crippen molar-refractivity contribution in [3.05, 3.63) is 23.5 Å². The largest absolute Gasteiger partial charge is 1.00 e. The average molecular weight is 610 g/mol. The van der Waals surface area contributed by atoms with Gasteiger partial charge in [-0.25, -0.2) is 0 Å². The van der Waals surface area contributed by atoms with Crippen molar-refractivity contribution in [3.8, 4) is 0 Å². The highest BCUT2D eigenvalue weighted by Gasteiger charge is 2.21. The Hall–Kier alpha value is -0.200. The van der Waals surface area contributed by atoms with Crippen molar-refractivity contribution in [2.75, 3.05) is 51.8 Å². The summed E-state index contributed by atoms with van der Waals surface area (Å²) in [5.41, 5.74) is 5.08. The van der Waals surface area contributed by atoms with E-state index >= 15 is 0 Å². The smallest absolute Gasteiger partial charge is 0.138 e. The Morgan fingerprint density at radius 2 is 1.08 bits per heavy atom. The van der Waals surface area contributed by atoms with E-state index in [1.165, 1.54) is 86.2 Å². The highest BCUT2D eigenvalue weighted by molar-refractivity contribution is 7.99. The average Bonchev–Trinajstić information content (AvgIpc) is 3.50. The Morgan fingerprint density at radius 3 is 1.50 bits per heavy atom. The van der Waals surface area contributed by atoms with E-state index in [2.05, 4.69) is 43.7 Å². The third kappa shape index (κ3) is 9.84. The van der Waals surface area contributed by atoms with Gasteiger partial charge in [-0.2, -0.15) is 17.5 Å². The van der Waals surface area contributed by atoms with Crippen molar-refractivity contribution >= 4 is 58.1 Å². The molecule has 0 radical (unpaired) electrons. The van der Waals surface area contributed by atoms with Crippen LogP contribution in [0.5, 0.6) is 0 Å². The number of halogens is 2. The van der Waals surface area contributed by atoms with E-state index in [-0.39, 0.29) is 24.8 Å². The second-order valence-electron chi connectivity index (χ2n) is 9.46. The number of likely N-dealkylation sites (N-methyl/N-ethyl adjacent to an activating group) is 2. The van der Waals surface area contributed by atoms with Crippen LogP contribution < -0.4 is 34.6 Å². The molecule has 2 N–H and O–H groups in total. The van der Waals surface area contributed by atoms with Crippen LogP contribution in [0.1, 0.15) is 62.8 Å². The van der Waals surface area contributed by atoms with Crippen molar-refractivity contribution in [3.63, 3.8) is 0 Å². The van der Waals surface area contributed by atoms with Gasteiger partial charge in [-0.05, 0) is 24.3 Å². The molecule has 0 aliphatic carbocycles. The molecule has 4 rings (SSSR count). The molecule has 2 aromatic heterocycles. The minimum atomic E-state index is 0. The zero-order valence-electron chi connectivity index (χ0n) is 21.2. The van der Waals surface area contributed by atoms with Crippen molar-refractivity contribution in [2.24, 2.45) is 0 Å². The summed E-state index contributed by atoms with van der Waals surface area (Å²) in [6, 6.07) is 0. The molecule has 2 aromatic rings. The van der Waals surface area contributed by atoms with Crippen molar-refractivity contribution in [2.45, 2.75) is 61.4 Å². The lowest BCUT2D eigenvalue weighted by molar-refractivity contribution is -0.872. The number of unbranched alkanes of at least 4 members (excludes halogenated alkanes) is 5. The minimum absolute atomic E-state index is 0. The number of hydrogen-bond donors (Lipinski definition) is 2. The molecule has 6 nitrogen and oxygen atoms in total. The summed E-state index contributed by atoms with van der Waals surface area (Å²) in [5, 5.41) is 2.30. The first-order valence-corrected chi connectivity index (χ1v) is 16.1. The van der Waals surface area contributed by atoms with Gasteiger partial charge in [0.2, 0.25) is 0 Å². The summed E-state index contributed by atoms with van der Waals surface area (Å²) in [5.74, 6) is 2.30. The lowest BCUT2D eigenvalue weighted by Crippen LogP contribution is -3.09. The van der Waals surface area contributed by atoms with Crippen LogP contribution >= 0.6 is 47.0 Å². The number of rotatable bonds is 13. The topological polar surface area (TPSA) is 60.4 Å². The highest BCUT2D eigenvalue weighted by atomic mass is 35.5. The molecule has 0 fully saturated rings. The molecule has 0 aromatic carbocycles. The summed E-state index contributed by atoms with van der Waals surface area (Å²) in [6.07, 6.45) is 14.9. The van der Waals surface area contributed by atoms with Gasteiger partial charge >= 0.3 is 0 Å². The standard InChI is InChI=1S/C24H36N6S4.2ClH/c1-29-13-9-11-19(17-29)21-23(27-33-25-21)31-15-7-5-3-4-6-8-16-32-24-22(26-34-28-24)20-12-10-14-30(2)18-20;;/h11-12H,3-10,13-18H2,1-2H3;2*1H. The fraction of sp³-hybridized carbons (Fsp3) is 0.667. The van der Waals surface area contributed by atoms with Crippen molar-refractivity contribution < 1.29 is 34.6 Å². The first-order chi connectivity index (χ1) is 16.7. The number of nitrogens with one attached hydrogen (secondary N) is 2. The zero-order valence-corrected chi connectivity index (χ0v) is 26.0. The van der Waals surface area contributed by atoms with Crippen LogP contribution in [0.2, 0.25) is 0 Å². The second-order valence-corrected chi connectivity index (χ2v) is 12.7. The number of aromatic nitrogens is 4. The Balaban J connectivity index is 0.00000228. The van der Waals surface area contributed by atoms with Crippen LogP contribution in [0.4, 0.5) is 0 Å². The first-order valence-electron chi connectivity index (χ1n) is 12.6. The van der Waals surface area contributed by atoms with Crippen LogP contribution in [-0.2, 0) is 0 Å². The molecular formula is C24H38Cl2N6S4. The second kappa shape index (κ2) is 17.4. The SMILES string of the molecule is C[NH+]1CCC=C(c2nsnc2SCCCCCCCCSc2nsnc2C2=CCC[NH+](C)C2)C1.[Cl-].[Cl-]. The molecule has 0 amide bonds.